The molecule has 2 aromatic carbocycles. The zero-order valence-electron chi connectivity index (χ0n) is 16.8. The summed E-state index contributed by atoms with van der Waals surface area (Å²) in [6, 6.07) is 14.3. The van der Waals surface area contributed by atoms with E-state index in [9.17, 15) is 19.4 Å². The van der Waals surface area contributed by atoms with Crippen molar-refractivity contribution < 1.29 is 24.5 Å². The Hall–Kier alpha value is -2.96. The number of aliphatic hydroxyl groups is 2. The number of fused-ring (bicyclic) bond motifs is 1. The number of aromatic nitrogens is 1. The first-order chi connectivity index (χ1) is 14.4. The summed E-state index contributed by atoms with van der Waals surface area (Å²) in [4.78, 5) is 10.7. The summed E-state index contributed by atoms with van der Waals surface area (Å²) < 4.78 is 15.6. The van der Waals surface area contributed by atoms with E-state index in [4.69, 9.17) is 5.11 Å². The lowest BCUT2D eigenvalue weighted by Crippen LogP contribution is -2.19. The standard InChI is InChI=1S/C24H26FNO4/c1-2-13-26-21-6-4-3-5-20(21)24(16-7-9-17(25)10-8-16)22(26)12-11-18(27)14-19(28)15-23(29)30/h3-12,18-19,27-28H,2,13-15H2,1H3,(H,29,30)/b12-11+/t18-,19-/m1/s1. The second kappa shape index (κ2) is 9.69. The molecule has 6 heteroatoms. The highest BCUT2D eigenvalue weighted by Crippen LogP contribution is 2.36. The molecule has 158 valence electrons. The van der Waals surface area contributed by atoms with Crippen LogP contribution in [-0.4, -0.2) is 38.1 Å². The van der Waals surface area contributed by atoms with E-state index < -0.39 is 24.6 Å². The maximum absolute atomic E-state index is 13.5. The first kappa shape index (κ1) is 21.7. The van der Waals surface area contributed by atoms with Gasteiger partial charge in [0.25, 0.3) is 0 Å². The minimum Gasteiger partial charge on any atom is -0.481 e. The summed E-state index contributed by atoms with van der Waals surface area (Å²) in [5.74, 6) is -1.42. The van der Waals surface area contributed by atoms with Gasteiger partial charge in [0.15, 0.2) is 0 Å². The van der Waals surface area contributed by atoms with Gasteiger partial charge < -0.3 is 19.9 Å². The van der Waals surface area contributed by atoms with Crippen LogP contribution >= 0.6 is 0 Å². The molecule has 3 N–H and O–H groups in total. The second-order valence-corrected chi connectivity index (χ2v) is 7.35. The number of aryl methyl sites for hydroxylation is 1. The van der Waals surface area contributed by atoms with Crippen molar-refractivity contribution >= 4 is 22.9 Å². The Kier molecular flexibility index (Phi) is 7.03. The third-order valence-corrected chi connectivity index (χ3v) is 4.99. The van der Waals surface area contributed by atoms with E-state index in [0.717, 1.165) is 40.7 Å². The van der Waals surface area contributed by atoms with Crippen molar-refractivity contribution in [2.45, 2.75) is 44.9 Å². The number of carbonyl (C=O) groups is 1. The topological polar surface area (TPSA) is 82.7 Å². The van der Waals surface area contributed by atoms with Crippen molar-refractivity contribution in [3.63, 3.8) is 0 Å². The number of benzene rings is 2. The predicted molar refractivity (Wildman–Crippen MR) is 116 cm³/mol. The van der Waals surface area contributed by atoms with Gasteiger partial charge in [0.05, 0.1) is 18.6 Å². The minimum atomic E-state index is -1.12. The largest absolute Gasteiger partial charge is 0.481 e. The summed E-state index contributed by atoms with van der Waals surface area (Å²) in [7, 11) is 0. The fraction of sp³-hybridized carbons (Fsp3) is 0.292. The van der Waals surface area contributed by atoms with Gasteiger partial charge in [-0.05, 0) is 36.3 Å². The van der Waals surface area contributed by atoms with Gasteiger partial charge >= 0.3 is 5.97 Å². The average Bonchev–Trinajstić information content (AvgIpc) is 3.00. The molecule has 3 rings (SSSR count). The number of hydrogen-bond acceptors (Lipinski definition) is 3. The lowest BCUT2D eigenvalue weighted by molar-refractivity contribution is -0.139. The zero-order valence-corrected chi connectivity index (χ0v) is 16.8. The lowest BCUT2D eigenvalue weighted by atomic mass is 10.0. The Morgan fingerprint density at radius 2 is 1.83 bits per heavy atom. The van der Waals surface area contributed by atoms with Gasteiger partial charge in [-0.3, -0.25) is 4.79 Å². The molecule has 0 amide bonds. The van der Waals surface area contributed by atoms with E-state index in [-0.39, 0.29) is 12.2 Å². The highest BCUT2D eigenvalue weighted by Gasteiger charge is 2.18. The van der Waals surface area contributed by atoms with E-state index in [2.05, 4.69) is 11.5 Å². The number of carboxylic acid groups (broad SMARTS) is 1. The maximum atomic E-state index is 13.5. The maximum Gasteiger partial charge on any atom is 0.305 e. The number of aliphatic carboxylic acids is 1. The molecule has 0 aliphatic rings. The summed E-state index contributed by atoms with van der Waals surface area (Å²) in [5, 5.41) is 29.9. The van der Waals surface area contributed by atoms with Crippen LogP contribution in [-0.2, 0) is 11.3 Å². The van der Waals surface area contributed by atoms with E-state index in [1.165, 1.54) is 12.1 Å². The first-order valence-electron chi connectivity index (χ1n) is 10.0. The molecule has 3 aromatic rings. The molecule has 0 spiro atoms. The molecule has 30 heavy (non-hydrogen) atoms. The number of para-hydroxylation sites is 1. The zero-order chi connectivity index (χ0) is 21.7. The number of nitrogens with zero attached hydrogens (tertiary/aromatic N) is 1. The van der Waals surface area contributed by atoms with Crippen LogP contribution in [0.3, 0.4) is 0 Å². The van der Waals surface area contributed by atoms with Crippen LogP contribution in [0.15, 0.2) is 54.6 Å². The van der Waals surface area contributed by atoms with Crippen molar-refractivity contribution in [2.75, 3.05) is 0 Å². The van der Waals surface area contributed by atoms with E-state index in [1.807, 2.05) is 24.3 Å². The highest BCUT2D eigenvalue weighted by molar-refractivity contribution is 6.00. The molecule has 0 aliphatic heterocycles. The Balaban J connectivity index is 2.05. The van der Waals surface area contributed by atoms with E-state index in [0.29, 0.717) is 0 Å². The lowest BCUT2D eigenvalue weighted by Gasteiger charge is -2.12. The number of carboxylic acids is 1. The number of rotatable bonds is 9. The van der Waals surface area contributed by atoms with Gasteiger partial charge in [0, 0.05) is 35.1 Å². The van der Waals surface area contributed by atoms with Crippen LogP contribution in [0.25, 0.3) is 28.1 Å². The van der Waals surface area contributed by atoms with Crippen molar-refractivity contribution in [3.8, 4) is 11.1 Å². The molecule has 0 radical (unpaired) electrons. The molecule has 0 bridgehead atoms. The third kappa shape index (κ3) is 4.96. The van der Waals surface area contributed by atoms with Gasteiger partial charge in [-0.2, -0.15) is 0 Å². The Bertz CT molecular complexity index is 1040. The highest BCUT2D eigenvalue weighted by atomic mass is 19.1. The van der Waals surface area contributed by atoms with E-state index in [1.54, 1.807) is 24.3 Å². The first-order valence-corrected chi connectivity index (χ1v) is 10.0. The Morgan fingerprint density at radius 3 is 2.50 bits per heavy atom. The fourth-order valence-electron chi connectivity index (χ4n) is 3.73. The normalized spacial score (nSPS) is 13.7. The number of hydrogen-bond donors (Lipinski definition) is 3. The molecule has 0 fully saturated rings. The van der Waals surface area contributed by atoms with Crippen molar-refractivity contribution in [1.82, 2.24) is 4.57 Å². The SMILES string of the molecule is CCCn1c(/C=C/[C@@H](O)C[C@@H](O)CC(=O)O)c(-c2ccc(F)cc2)c2ccccc21. The molecular formula is C24H26FNO4. The molecular weight excluding hydrogens is 385 g/mol. The fourth-order valence-corrected chi connectivity index (χ4v) is 3.73. The van der Waals surface area contributed by atoms with Gasteiger partial charge in [-0.1, -0.05) is 43.3 Å². The molecule has 0 saturated carbocycles. The van der Waals surface area contributed by atoms with Crippen LogP contribution < -0.4 is 0 Å². The Morgan fingerprint density at radius 1 is 1.13 bits per heavy atom. The molecule has 0 unspecified atom stereocenters. The van der Waals surface area contributed by atoms with Gasteiger partial charge in [-0.25, -0.2) is 4.39 Å². The van der Waals surface area contributed by atoms with Crippen LogP contribution in [0.1, 0.15) is 31.9 Å². The quantitative estimate of drug-likeness (QED) is 0.486. The number of halogens is 1. The van der Waals surface area contributed by atoms with E-state index >= 15 is 0 Å². The monoisotopic (exact) mass is 411 g/mol. The summed E-state index contributed by atoms with van der Waals surface area (Å²) in [6.45, 7) is 2.84. The molecule has 0 saturated heterocycles. The summed E-state index contributed by atoms with van der Waals surface area (Å²) in [6.07, 6.45) is 1.67. The Labute approximate surface area is 174 Å². The van der Waals surface area contributed by atoms with Crippen molar-refractivity contribution in [2.24, 2.45) is 0 Å². The van der Waals surface area contributed by atoms with Gasteiger partial charge in [-0.15, -0.1) is 0 Å². The molecule has 1 aromatic heterocycles. The van der Waals surface area contributed by atoms with Gasteiger partial charge in [0.1, 0.15) is 5.82 Å². The van der Waals surface area contributed by atoms with Crippen molar-refractivity contribution in [3.05, 3.63) is 66.1 Å². The van der Waals surface area contributed by atoms with Gasteiger partial charge in [0.2, 0.25) is 0 Å². The van der Waals surface area contributed by atoms with Crippen LogP contribution in [0.5, 0.6) is 0 Å². The minimum absolute atomic E-state index is 0.0668. The third-order valence-electron chi connectivity index (χ3n) is 4.99. The van der Waals surface area contributed by atoms with Crippen LogP contribution in [0.2, 0.25) is 0 Å². The van der Waals surface area contributed by atoms with Crippen LogP contribution in [0, 0.1) is 5.82 Å². The molecule has 0 aliphatic carbocycles. The second-order valence-electron chi connectivity index (χ2n) is 7.35. The molecule has 1 heterocycles. The molecule has 5 nitrogen and oxygen atoms in total. The number of aliphatic hydroxyl groups excluding tert-OH is 2. The molecule has 2 atom stereocenters. The predicted octanol–water partition coefficient (Wildman–Crippen LogP) is 4.46. The summed E-state index contributed by atoms with van der Waals surface area (Å²) >= 11 is 0. The van der Waals surface area contributed by atoms with Crippen LogP contribution in [0.4, 0.5) is 4.39 Å². The summed E-state index contributed by atoms with van der Waals surface area (Å²) in [5.41, 5.74) is 3.71. The smallest absolute Gasteiger partial charge is 0.305 e. The average molecular weight is 411 g/mol. The van der Waals surface area contributed by atoms with Crippen molar-refractivity contribution in [1.29, 1.82) is 0 Å².